The monoisotopic (exact) mass is 567 g/mol. The van der Waals surface area contributed by atoms with E-state index in [0.29, 0.717) is 48.0 Å². The molecule has 41 heavy (non-hydrogen) atoms. The number of carbonyl (C=O) groups is 1. The minimum Gasteiger partial charge on any atom is -0.494 e. The van der Waals surface area contributed by atoms with Crippen molar-refractivity contribution in [2.45, 2.75) is 24.7 Å². The maximum Gasteiger partial charge on any atom is 0.266 e. The smallest absolute Gasteiger partial charge is 0.266 e. The highest BCUT2D eigenvalue weighted by Crippen LogP contribution is 2.30. The fourth-order valence-electron chi connectivity index (χ4n) is 4.62. The van der Waals surface area contributed by atoms with Gasteiger partial charge in [0.05, 0.1) is 17.2 Å². The minimum absolute atomic E-state index is 0.131. The summed E-state index contributed by atoms with van der Waals surface area (Å²) in [6, 6.07) is 24.9. The minimum atomic E-state index is -3.65. The number of aromatic nitrogens is 2. The third-order valence-electron chi connectivity index (χ3n) is 6.66. The van der Waals surface area contributed by atoms with Crippen LogP contribution < -0.4 is 10.1 Å². The highest BCUT2D eigenvalue weighted by Gasteiger charge is 2.27. The van der Waals surface area contributed by atoms with Crippen LogP contribution in [0.15, 0.2) is 95.5 Å². The van der Waals surface area contributed by atoms with E-state index in [1.165, 1.54) is 10.4 Å². The lowest BCUT2D eigenvalue weighted by Gasteiger charge is -2.16. The second-order valence-electron chi connectivity index (χ2n) is 9.43. The van der Waals surface area contributed by atoms with Gasteiger partial charge in [-0.1, -0.05) is 30.3 Å². The van der Waals surface area contributed by atoms with Crippen molar-refractivity contribution in [2.24, 2.45) is 0 Å². The number of hydrogen-bond donors (Lipinski definition) is 1. The maximum absolute atomic E-state index is 13.3. The topological polar surface area (TPSA) is 117 Å². The second-order valence-corrected chi connectivity index (χ2v) is 11.4. The van der Waals surface area contributed by atoms with E-state index in [1.54, 1.807) is 59.4 Å². The molecule has 1 aromatic heterocycles. The average Bonchev–Trinajstić information content (AvgIpc) is 3.69. The molecule has 1 fully saturated rings. The second kappa shape index (κ2) is 12.2. The van der Waals surface area contributed by atoms with Crippen molar-refractivity contribution < 1.29 is 17.9 Å². The number of anilines is 1. The molecule has 0 saturated carbocycles. The van der Waals surface area contributed by atoms with Gasteiger partial charge < -0.3 is 10.1 Å². The SMILES string of the molecule is CCOc1ccc(NC(=O)/C(C#N)=C\c2cn(-c3ccccc3)nc2-c2cccc(S(=O)(=O)N3CCCC3)c2)cc1. The summed E-state index contributed by atoms with van der Waals surface area (Å²) in [6.07, 6.45) is 4.86. The molecule has 0 bridgehead atoms. The Morgan fingerprint density at radius 3 is 2.46 bits per heavy atom. The van der Waals surface area contributed by atoms with Crippen LogP contribution in [-0.4, -0.2) is 48.1 Å². The first-order chi connectivity index (χ1) is 19.9. The first-order valence-corrected chi connectivity index (χ1v) is 14.7. The molecule has 10 heteroatoms. The third-order valence-corrected chi connectivity index (χ3v) is 8.56. The largest absolute Gasteiger partial charge is 0.494 e. The molecule has 0 spiro atoms. The zero-order valence-corrected chi connectivity index (χ0v) is 23.3. The zero-order chi connectivity index (χ0) is 28.8. The van der Waals surface area contributed by atoms with E-state index in [9.17, 15) is 18.5 Å². The number of para-hydroxylation sites is 1. The van der Waals surface area contributed by atoms with Crippen LogP contribution in [0.25, 0.3) is 23.0 Å². The van der Waals surface area contributed by atoms with E-state index in [2.05, 4.69) is 5.32 Å². The Morgan fingerprint density at radius 2 is 1.78 bits per heavy atom. The summed E-state index contributed by atoms with van der Waals surface area (Å²) in [6.45, 7) is 3.41. The van der Waals surface area contributed by atoms with E-state index in [0.717, 1.165) is 18.5 Å². The fourth-order valence-corrected chi connectivity index (χ4v) is 6.18. The van der Waals surface area contributed by atoms with Crippen molar-refractivity contribution >= 4 is 27.7 Å². The number of nitrogens with one attached hydrogen (secondary N) is 1. The number of hydrogen-bond acceptors (Lipinski definition) is 6. The summed E-state index contributed by atoms with van der Waals surface area (Å²) >= 11 is 0. The molecule has 1 N–H and O–H groups in total. The van der Waals surface area contributed by atoms with E-state index in [1.807, 2.05) is 43.3 Å². The van der Waals surface area contributed by atoms with Gasteiger partial charge in [0.25, 0.3) is 5.91 Å². The van der Waals surface area contributed by atoms with Crippen molar-refractivity contribution in [3.05, 3.63) is 96.2 Å². The Morgan fingerprint density at radius 1 is 1.05 bits per heavy atom. The van der Waals surface area contributed by atoms with Gasteiger partial charge in [-0.2, -0.15) is 14.7 Å². The molecule has 5 rings (SSSR count). The van der Waals surface area contributed by atoms with Crippen LogP contribution in [0.2, 0.25) is 0 Å². The lowest BCUT2D eigenvalue weighted by Crippen LogP contribution is -2.27. The normalized spacial score (nSPS) is 14.0. The average molecular weight is 568 g/mol. The molecular formula is C31H29N5O4S. The van der Waals surface area contributed by atoms with Crippen LogP contribution in [-0.2, 0) is 14.8 Å². The Bertz CT molecular complexity index is 1720. The van der Waals surface area contributed by atoms with Crippen LogP contribution in [0.5, 0.6) is 5.75 Å². The van der Waals surface area contributed by atoms with E-state index in [-0.39, 0.29) is 10.5 Å². The summed E-state index contributed by atoms with van der Waals surface area (Å²) in [5, 5.41) is 17.4. The number of nitriles is 1. The van der Waals surface area contributed by atoms with Gasteiger partial charge in [0.2, 0.25) is 10.0 Å². The number of sulfonamides is 1. The molecule has 4 aromatic rings. The first-order valence-electron chi connectivity index (χ1n) is 13.3. The summed E-state index contributed by atoms with van der Waals surface area (Å²) in [5.41, 5.74) is 2.63. The Balaban J connectivity index is 1.52. The molecule has 3 aromatic carbocycles. The van der Waals surface area contributed by atoms with Gasteiger partial charge in [-0.15, -0.1) is 0 Å². The first kappa shape index (κ1) is 27.8. The van der Waals surface area contributed by atoms with Crippen LogP contribution >= 0.6 is 0 Å². The van der Waals surface area contributed by atoms with Crippen molar-refractivity contribution in [3.8, 4) is 28.8 Å². The lowest BCUT2D eigenvalue weighted by atomic mass is 10.1. The van der Waals surface area contributed by atoms with Crippen LogP contribution in [0, 0.1) is 11.3 Å². The van der Waals surface area contributed by atoms with E-state index in [4.69, 9.17) is 9.84 Å². The molecule has 0 unspecified atom stereocenters. The molecule has 0 radical (unpaired) electrons. The van der Waals surface area contributed by atoms with Gasteiger partial charge in [0.15, 0.2) is 0 Å². The van der Waals surface area contributed by atoms with Gasteiger partial charge in [0.1, 0.15) is 23.1 Å². The number of carbonyl (C=O) groups excluding carboxylic acids is 1. The summed E-state index contributed by atoms with van der Waals surface area (Å²) < 4.78 is 35.1. The molecule has 1 amide bonds. The number of benzene rings is 3. The number of ether oxygens (including phenoxy) is 1. The fraction of sp³-hybridized carbons (Fsp3) is 0.194. The standard InChI is InChI=1S/C31H29N5O4S/c1-2-40-28-15-13-26(14-16-28)33-31(37)24(21-32)19-25-22-36(27-10-4-3-5-11-27)34-30(25)23-9-8-12-29(20-23)41(38,39)35-17-6-7-18-35/h3-5,8-16,19-20,22H,2,6-7,17-18H2,1H3,(H,33,37)/b24-19-. The van der Waals surface area contributed by atoms with Gasteiger partial charge >= 0.3 is 0 Å². The van der Waals surface area contributed by atoms with E-state index >= 15 is 0 Å². The zero-order valence-electron chi connectivity index (χ0n) is 22.5. The van der Waals surface area contributed by atoms with Crippen molar-refractivity contribution in [1.82, 2.24) is 14.1 Å². The molecule has 2 heterocycles. The van der Waals surface area contributed by atoms with Gasteiger partial charge in [0, 0.05) is 36.1 Å². The predicted molar refractivity (Wildman–Crippen MR) is 157 cm³/mol. The molecule has 0 aliphatic carbocycles. The molecule has 9 nitrogen and oxygen atoms in total. The third kappa shape index (κ3) is 6.22. The van der Waals surface area contributed by atoms with Crippen molar-refractivity contribution in [3.63, 3.8) is 0 Å². The number of rotatable bonds is 9. The van der Waals surface area contributed by atoms with Gasteiger partial charge in [-0.05, 0) is 74.4 Å². The quantitative estimate of drug-likeness (QED) is 0.218. The highest BCUT2D eigenvalue weighted by atomic mass is 32.2. The molecule has 1 saturated heterocycles. The van der Waals surface area contributed by atoms with Crippen molar-refractivity contribution in [2.75, 3.05) is 25.0 Å². The summed E-state index contributed by atoms with van der Waals surface area (Å²) in [4.78, 5) is 13.2. The van der Waals surface area contributed by atoms with Crippen LogP contribution in [0.1, 0.15) is 25.3 Å². The Hall–Kier alpha value is -4.72. The Kier molecular flexibility index (Phi) is 8.29. The molecule has 208 valence electrons. The Labute approximate surface area is 239 Å². The van der Waals surface area contributed by atoms with Crippen LogP contribution in [0.3, 0.4) is 0 Å². The molecule has 0 atom stereocenters. The highest BCUT2D eigenvalue weighted by molar-refractivity contribution is 7.89. The molecule has 1 aliphatic heterocycles. The predicted octanol–water partition coefficient (Wildman–Crippen LogP) is 5.27. The van der Waals surface area contributed by atoms with E-state index < -0.39 is 15.9 Å². The van der Waals surface area contributed by atoms with Crippen molar-refractivity contribution in [1.29, 1.82) is 5.26 Å². The summed E-state index contributed by atoms with van der Waals surface area (Å²) in [7, 11) is -3.65. The number of amides is 1. The lowest BCUT2D eigenvalue weighted by molar-refractivity contribution is -0.112. The van der Waals surface area contributed by atoms with Gasteiger partial charge in [-0.25, -0.2) is 13.1 Å². The van der Waals surface area contributed by atoms with Crippen LogP contribution in [0.4, 0.5) is 5.69 Å². The van der Waals surface area contributed by atoms with Gasteiger partial charge in [-0.3, -0.25) is 4.79 Å². The maximum atomic E-state index is 13.3. The molecular weight excluding hydrogens is 538 g/mol. The number of nitrogens with zero attached hydrogens (tertiary/aromatic N) is 4. The molecule has 1 aliphatic rings. The summed E-state index contributed by atoms with van der Waals surface area (Å²) in [5.74, 6) is 0.0916.